The SMILES string of the molecule is C=CCn1c(=O)ccn([C@@H]2O[C@H](O[Si](C)(C)C(C)(C)C)C3(OS(=O)(=O)C=C3N)C2O[Si](C)(C)C(C)(C)C)c1=O. The summed E-state index contributed by atoms with van der Waals surface area (Å²) in [6.45, 7) is 23.7. The molecule has 3 heterocycles. The van der Waals surface area contributed by atoms with Gasteiger partial charge in [-0.15, -0.1) is 6.58 Å². The standard InChI is InChI=1S/C25H43N3O8SSi2/c1-12-14-27-18(29)13-15-28(22(27)30)20-19(34-38(8,9)23(2,3)4)25(17(26)16-37(31,32)36-25)21(33-20)35-39(10,11)24(5,6)7/h12-13,15-16,19-21H,1,14,26H2,2-11H3/t19?,20-,21-,25?/m1/s1. The zero-order valence-electron chi connectivity index (χ0n) is 24.6. The maximum Gasteiger partial charge on any atom is 0.333 e. The Hall–Kier alpha value is -1.82. The molecule has 0 amide bonds. The van der Waals surface area contributed by atoms with Crippen molar-refractivity contribution in [1.29, 1.82) is 0 Å². The third kappa shape index (κ3) is 5.56. The molecule has 2 aliphatic heterocycles. The van der Waals surface area contributed by atoms with Gasteiger partial charge in [0, 0.05) is 18.8 Å². The van der Waals surface area contributed by atoms with Gasteiger partial charge >= 0.3 is 5.69 Å². The van der Waals surface area contributed by atoms with Crippen LogP contribution in [0.1, 0.15) is 47.8 Å². The van der Waals surface area contributed by atoms with Crippen LogP contribution in [0.25, 0.3) is 0 Å². The van der Waals surface area contributed by atoms with Crippen LogP contribution < -0.4 is 17.0 Å². The fourth-order valence-corrected chi connectivity index (χ4v) is 7.57. The number of ether oxygens (including phenoxy) is 1. The van der Waals surface area contributed by atoms with Crippen LogP contribution in [0.3, 0.4) is 0 Å². The number of nitrogens with two attached hydrogens (primary N) is 1. The van der Waals surface area contributed by atoms with Crippen LogP contribution in [0.4, 0.5) is 0 Å². The van der Waals surface area contributed by atoms with Gasteiger partial charge in [0.05, 0.1) is 11.1 Å². The zero-order valence-corrected chi connectivity index (χ0v) is 27.4. The van der Waals surface area contributed by atoms with Crippen molar-refractivity contribution in [2.45, 2.75) is 109 Å². The molecule has 3 rings (SSSR count). The van der Waals surface area contributed by atoms with Crippen molar-refractivity contribution in [2.24, 2.45) is 5.73 Å². The summed E-state index contributed by atoms with van der Waals surface area (Å²) < 4.78 is 53.6. The van der Waals surface area contributed by atoms with Gasteiger partial charge in [-0.05, 0) is 36.3 Å². The second-order valence-electron chi connectivity index (χ2n) is 13.2. The zero-order chi connectivity index (χ0) is 30.0. The molecule has 1 saturated heterocycles. The van der Waals surface area contributed by atoms with E-state index in [1.807, 2.05) is 67.7 Å². The fraction of sp³-hybridized carbons (Fsp3) is 0.680. The molecule has 4 atom stereocenters. The van der Waals surface area contributed by atoms with Crippen LogP contribution in [0.2, 0.25) is 36.3 Å². The molecule has 2 aliphatic rings. The Bertz CT molecular complexity index is 1390. The smallest absolute Gasteiger partial charge is 0.333 e. The van der Waals surface area contributed by atoms with Gasteiger partial charge < -0.3 is 19.3 Å². The van der Waals surface area contributed by atoms with Gasteiger partial charge in [-0.1, -0.05) is 47.6 Å². The number of rotatable bonds is 7. The van der Waals surface area contributed by atoms with Crippen molar-refractivity contribution < 1.29 is 26.2 Å². The van der Waals surface area contributed by atoms with Gasteiger partial charge in [0.1, 0.15) is 6.10 Å². The van der Waals surface area contributed by atoms with Crippen molar-refractivity contribution >= 4 is 26.8 Å². The first kappa shape index (κ1) is 31.7. The van der Waals surface area contributed by atoms with Crippen LogP contribution in [0.5, 0.6) is 0 Å². The molecular formula is C25H43N3O8SSi2. The van der Waals surface area contributed by atoms with Gasteiger partial charge in [0.25, 0.3) is 15.7 Å². The highest BCUT2D eigenvalue weighted by Crippen LogP contribution is 2.53. The largest absolute Gasteiger partial charge is 0.406 e. The molecule has 0 saturated carbocycles. The molecule has 1 aromatic rings. The Morgan fingerprint density at radius 1 is 1.08 bits per heavy atom. The van der Waals surface area contributed by atoms with E-state index < -0.39 is 62.2 Å². The lowest BCUT2D eigenvalue weighted by Crippen LogP contribution is -2.60. The minimum absolute atomic E-state index is 0.0268. The molecule has 11 nitrogen and oxygen atoms in total. The first-order valence-electron chi connectivity index (χ1n) is 12.9. The van der Waals surface area contributed by atoms with E-state index in [1.54, 1.807) is 0 Å². The maximum absolute atomic E-state index is 13.6. The first-order chi connectivity index (χ1) is 17.5. The van der Waals surface area contributed by atoms with Crippen molar-refractivity contribution in [3.8, 4) is 0 Å². The molecule has 0 bridgehead atoms. The molecule has 220 valence electrons. The average molecular weight is 602 g/mol. The highest BCUT2D eigenvalue weighted by atomic mass is 32.2. The Kier molecular flexibility index (Phi) is 8.07. The molecule has 0 aliphatic carbocycles. The van der Waals surface area contributed by atoms with Crippen LogP contribution in [-0.2, 0) is 34.4 Å². The third-order valence-electron chi connectivity index (χ3n) is 8.39. The summed E-state index contributed by atoms with van der Waals surface area (Å²) in [5.74, 6) is 0. The van der Waals surface area contributed by atoms with E-state index in [2.05, 4.69) is 6.58 Å². The molecule has 2 unspecified atom stereocenters. The topological polar surface area (TPSA) is 141 Å². The van der Waals surface area contributed by atoms with Gasteiger partial charge in [0.2, 0.25) is 5.60 Å². The van der Waals surface area contributed by atoms with Crippen LogP contribution in [0.15, 0.2) is 45.6 Å². The Balaban J connectivity index is 2.33. The number of hydrogen-bond acceptors (Lipinski definition) is 9. The van der Waals surface area contributed by atoms with E-state index in [-0.39, 0.29) is 22.3 Å². The highest BCUT2D eigenvalue weighted by Gasteiger charge is 2.69. The van der Waals surface area contributed by atoms with Gasteiger partial charge in [0.15, 0.2) is 29.2 Å². The van der Waals surface area contributed by atoms with E-state index in [4.69, 9.17) is 23.5 Å². The third-order valence-corrected chi connectivity index (χ3v) is 18.3. The predicted molar refractivity (Wildman–Crippen MR) is 154 cm³/mol. The highest BCUT2D eigenvalue weighted by molar-refractivity contribution is 7.90. The molecule has 1 fully saturated rings. The monoisotopic (exact) mass is 601 g/mol. The van der Waals surface area contributed by atoms with Crippen molar-refractivity contribution in [3.05, 3.63) is 56.9 Å². The van der Waals surface area contributed by atoms with Crippen molar-refractivity contribution in [2.75, 3.05) is 0 Å². The van der Waals surface area contributed by atoms with Gasteiger partial charge in [-0.3, -0.25) is 13.9 Å². The summed E-state index contributed by atoms with van der Waals surface area (Å²) in [6, 6.07) is 1.23. The minimum atomic E-state index is -4.23. The molecule has 0 aromatic carbocycles. The van der Waals surface area contributed by atoms with Crippen molar-refractivity contribution in [3.63, 3.8) is 0 Å². The lowest BCUT2D eigenvalue weighted by atomic mass is 9.94. The lowest BCUT2D eigenvalue weighted by molar-refractivity contribution is -0.147. The maximum atomic E-state index is 13.6. The lowest BCUT2D eigenvalue weighted by Gasteiger charge is -2.44. The Morgan fingerprint density at radius 2 is 1.62 bits per heavy atom. The minimum Gasteiger partial charge on any atom is -0.406 e. The molecule has 0 radical (unpaired) electrons. The van der Waals surface area contributed by atoms with E-state index >= 15 is 0 Å². The second-order valence-corrected chi connectivity index (χ2v) is 24.1. The summed E-state index contributed by atoms with van der Waals surface area (Å²) in [7, 11) is -9.53. The van der Waals surface area contributed by atoms with E-state index in [9.17, 15) is 18.0 Å². The molecule has 14 heteroatoms. The van der Waals surface area contributed by atoms with Crippen LogP contribution in [0, 0.1) is 0 Å². The predicted octanol–water partition coefficient (Wildman–Crippen LogP) is 3.36. The Morgan fingerprint density at radius 3 is 2.08 bits per heavy atom. The normalized spacial score (nSPS) is 27.6. The number of allylic oxidation sites excluding steroid dienone is 1. The Labute approximate surface area is 233 Å². The summed E-state index contributed by atoms with van der Waals surface area (Å²) in [5.41, 5.74) is 3.24. The van der Waals surface area contributed by atoms with Gasteiger partial charge in [-0.2, -0.15) is 8.42 Å². The number of hydrogen-bond donors (Lipinski definition) is 1. The van der Waals surface area contributed by atoms with Crippen LogP contribution >= 0.6 is 0 Å². The first-order valence-corrected chi connectivity index (χ1v) is 20.2. The van der Waals surface area contributed by atoms with E-state index in [1.165, 1.54) is 22.9 Å². The van der Waals surface area contributed by atoms with Crippen molar-refractivity contribution in [1.82, 2.24) is 9.13 Å². The summed E-state index contributed by atoms with van der Waals surface area (Å²) in [6.07, 6.45) is -1.00. The van der Waals surface area contributed by atoms with Gasteiger partial charge in [-0.25, -0.2) is 8.98 Å². The average Bonchev–Trinajstić information content (AvgIpc) is 3.16. The molecule has 39 heavy (non-hydrogen) atoms. The summed E-state index contributed by atoms with van der Waals surface area (Å²) in [4.78, 5) is 26.0. The quantitative estimate of drug-likeness (QED) is 0.283. The molecule has 2 N–H and O–H groups in total. The molecule has 1 spiro atoms. The second kappa shape index (κ2) is 9.92. The molecule has 1 aromatic heterocycles. The number of nitrogens with zero attached hydrogens (tertiary/aromatic N) is 2. The number of aromatic nitrogens is 2. The fourth-order valence-electron chi connectivity index (χ4n) is 3.98. The summed E-state index contributed by atoms with van der Waals surface area (Å²) >= 11 is 0. The van der Waals surface area contributed by atoms with E-state index in [0.717, 1.165) is 9.98 Å². The molecular weight excluding hydrogens is 559 g/mol. The summed E-state index contributed by atoms with van der Waals surface area (Å²) in [5, 5.41) is 0.263. The van der Waals surface area contributed by atoms with Crippen LogP contribution in [-0.4, -0.2) is 52.2 Å². The van der Waals surface area contributed by atoms with E-state index in [0.29, 0.717) is 0 Å².